The molecule has 0 aliphatic heterocycles. The molecule has 0 amide bonds. The van der Waals surface area contributed by atoms with Gasteiger partial charge in [0.15, 0.2) is 0 Å². The van der Waals surface area contributed by atoms with Crippen molar-refractivity contribution in [3.05, 3.63) is 96.1 Å². The fraction of sp³-hybridized carbons (Fsp3) is 0.348. The fourth-order valence-corrected chi connectivity index (χ4v) is 7.20. The molecule has 6 aromatic carbocycles. The smallest absolute Gasteiger partial charge is 0.431 e. The molecule has 0 fully saturated rings. The quantitative estimate of drug-likeness (QED) is 0.0517. The van der Waals surface area contributed by atoms with Crippen molar-refractivity contribution in [2.24, 2.45) is 0 Å². The van der Waals surface area contributed by atoms with E-state index in [-0.39, 0.29) is 12.2 Å². The highest BCUT2D eigenvalue weighted by molar-refractivity contribution is 6.27. The molecule has 6 rings (SSSR count). The van der Waals surface area contributed by atoms with Crippen molar-refractivity contribution < 1.29 is 28.5 Å². The van der Waals surface area contributed by atoms with Crippen LogP contribution in [-0.4, -0.2) is 24.5 Å². The summed E-state index contributed by atoms with van der Waals surface area (Å²) in [5, 5.41) is 7.12. The molecule has 0 unspecified atom stereocenters. The molecule has 6 aromatic rings. The summed E-state index contributed by atoms with van der Waals surface area (Å²) in [6.45, 7) is 11.7. The SMILES string of the molecule is CCCCCc1ccc2c(OC(=O)OC(C)C)c3ccccc3c(-c3c4ccccc4c(OC(=O)OC(C)C)c4ccc(CCCCC)cc34)c2c1. The van der Waals surface area contributed by atoms with Crippen molar-refractivity contribution in [3.8, 4) is 22.6 Å². The Kier molecular flexibility index (Phi) is 11.6. The predicted octanol–water partition coefficient (Wildman–Crippen LogP) is 13.3. The maximum atomic E-state index is 13.1. The molecule has 0 N–H and O–H groups in total. The first-order valence-corrected chi connectivity index (χ1v) is 18.9. The van der Waals surface area contributed by atoms with Crippen LogP contribution in [0.5, 0.6) is 11.5 Å². The number of aryl methyl sites for hydroxylation is 2. The Morgan fingerprint density at radius 2 is 0.846 bits per heavy atom. The Morgan fingerprint density at radius 1 is 0.481 bits per heavy atom. The van der Waals surface area contributed by atoms with Crippen LogP contribution in [-0.2, 0) is 22.3 Å². The van der Waals surface area contributed by atoms with Gasteiger partial charge in [0.2, 0.25) is 0 Å². The van der Waals surface area contributed by atoms with Crippen LogP contribution in [0.4, 0.5) is 9.59 Å². The average molecular weight is 699 g/mol. The van der Waals surface area contributed by atoms with Crippen LogP contribution >= 0.6 is 0 Å². The van der Waals surface area contributed by atoms with Crippen molar-refractivity contribution >= 4 is 55.4 Å². The molecule has 52 heavy (non-hydrogen) atoms. The van der Waals surface area contributed by atoms with Gasteiger partial charge in [0.05, 0.1) is 12.2 Å². The highest BCUT2D eigenvalue weighted by Gasteiger charge is 2.25. The Balaban J connectivity index is 1.74. The molecule has 0 heterocycles. The summed E-state index contributed by atoms with van der Waals surface area (Å²) < 4.78 is 23.1. The number of benzene rings is 6. The number of hydrogen-bond acceptors (Lipinski definition) is 6. The molecule has 0 radical (unpaired) electrons. The van der Waals surface area contributed by atoms with E-state index in [9.17, 15) is 9.59 Å². The lowest BCUT2D eigenvalue weighted by molar-refractivity contribution is 0.0725. The highest BCUT2D eigenvalue weighted by Crippen LogP contribution is 2.50. The maximum Gasteiger partial charge on any atom is 0.514 e. The molecule has 0 saturated heterocycles. The van der Waals surface area contributed by atoms with Crippen LogP contribution in [0.3, 0.4) is 0 Å². The van der Waals surface area contributed by atoms with Gasteiger partial charge in [-0.25, -0.2) is 9.59 Å². The van der Waals surface area contributed by atoms with E-state index in [4.69, 9.17) is 18.9 Å². The standard InChI is InChI=1S/C46H50O6/c1-7-9-11-17-31-23-25-37-39(27-31)41(33-19-13-15-21-35(33)43(37)51-45(47)49-29(3)4)42-34-20-14-16-22-36(34)44(52-46(48)50-30(5)6)38-26-24-32(28-40(38)42)18-12-10-8-2/h13-16,19-30H,7-12,17-18H2,1-6H3. The second-order valence-corrected chi connectivity index (χ2v) is 14.2. The second kappa shape index (κ2) is 16.5. The van der Waals surface area contributed by atoms with Gasteiger partial charge in [0, 0.05) is 21.5 Å². The zero-order chi connectivity index (χ0) is 36.8. The minimum absolute atomic E-state index is 0.322. The average Bonchev–Trinajstić information content (AvgIpc) is 3.11. The van der Waals surface area contributed by atoms with Crippen LogP contribution in [0.25, 0.3) is 54.2 Å². The molecule has 0 saturated carbocycles. The van der Waals surface area contributed by atoms with Gasteiger partial charge in [-0.2, -0.15) is 0 Å². The number of carbonyl (C=O) groups excluding carboxylic acids is 2. The van der Waals surface area contributed by atoms with E-state index in [0.29, 0.717) is 11.5 Å². The number of fused-ring (bicyclic) bond motifs is 4. The first-order chi connectivity index (χ1) is 25.2. The first-order valence-electron chi connectivity index (χ1n) is 18.9. The van der Waals surface area contributed by atoms with Crippen LogP contribution < -0.4 is 9.47 Å². The summed E-state index contributed by atoms with van der Waals surface area (Å²) in [6.07, 6.45) is 6.51. The van der Waals surface area contributed by atoms with E-state index in [2.05, 4.69) is 62.4 Å². The van der Waals surface area contributed by atoms with Crippen LogP contribution in [0.1, 0.15) is 91.2 Å². The summed E-state index contributed by atoms with van der Waals surface area (Å²) in [6, 6.07) is 29.2. The Bertz CT molecular complexity index is 2070. The lowest BCUT2D eigenvalue weighted by atomic mass is 9.84. The van der Waals surface area contributed by atoms with Gasteiger partial charge in [-0.3, -0.25) is 0 Å². The largest absolute Gasteiger partial charge is 0.514 e. The third-order valence-electron chi connectivity index (χ3n) is 9.50. The third kappa shape index (κ3) is 7.86. The number of ether oxygens (including phenoxy) is 4. The second-order valence-electron chi connectivity index (χ2n) is 14.2. The molecule has 0 aliphatic carbocycles. The lowest BCUT2D eigenvalue weighted by Crippen LogP contribution is -2.16. The highest BCUT2D eigenvalue weighted by atomic mass is 16.7. The summed E-state index contributed by atoms with van der Waals surface area (Å²) in [5.41, 5.74) is 4.52. The maximum absolute atomic E-state index is 13.1. The van der Waals surface area contributed by atoms with Gasteiger partial charge in [0.1, 0.15) is 11.5 Å². The number of hydrogen-bond donors (Lipinski definition) is 0. The molecule has 0 aromatic heterocycles. The van der Waals surface area contributed by atoms with Crippen molar-refractivity contribution in [2.45, 2.75) is 105 Å². The van der Waals surface area contributed by atoms with Crippen LogP contribution in [0.2, 0.25) is 0 Å². The van der Waals surface area contributed by atoms with E-state index in [1.807, 2.05) is 64.1 Å². The molecule has 0 atom stereocenters. The molecular weight excluding hydrogens is 648 g/mol. The summed E-state index contributed by atoms with van der Waals surface area (Å²) >= 11 is 0. The number of carbonyl (C=O) groups is 2. The minimum Gasteiger partial charge on any atom is -0.431 e. The van der Waals surface area contributed by atoms with Crippen molar-refractivity contribution in [2.75, 3.05) is 0 Å². The fourth-order valence-electron chi connectivity index (χ4n) is 7.20. The van der Waals surface area contributed by atoms with Crippen LogP contribution in [0, 0.1) is 0 Å². The van der Waals surface area contributed by atoms with E-state index >= 15 is 0 Å². The third-order valence-corrected chi connectivity index (χ3v) is 9.50. The molecule has 0 bridgehead atoms. The normalized spacial score (nSPS) is 11.6. The molecular formula is C46H50O6. The Hall–Kier alpha value is -5.10. The summed E-state index contributed by atoms with van der Waals surface area (Å²) in [7, 11) is 0. The van der Waals surface area contributed by atoms with Gasteiger partial charge in [-0.15, -0.1) is 0 Å². The minimum atomic E-state index is -0.733. The monoisotopic (exact) mass is 698 g/mol. The van der Waals surface area contributed by atoms with Gasteiger partial charge in [-0.1, -0.05) is 124 Å². The van der Waals surface area contributed by atoms with E-state index in [1.54, 1.807) is 0 Å². The molecule has 0 spiro atoms. The molecule has 6 nitrogen and oxygen atoms in total. The van der Waals surface area contributed by atoms with Gasteiger partial charge >= 0.3 is 12.3 Å². The summed E-state index contributed by atoms with van der Waals surface area (Å²) in [4.78, 5) is 26.2. The Morgan fingerprint density at radius 3 is 1.21 bits per heavy atom. The number of unbranched alkanes of at least 4 members (excludes halogenated alkanes) is 4. The number of rotatable bonds is 13. The predicted molar refractivity (Wildman–Crippen MR) is 213 cm³/mol. The molecule has 0 aliphatic rings. The molecule has 270 valence electrons. The van der Waals surface area contributed by atoms with E-state index in [1.165, 1.54) is 11.1 Å². The zero-order valence-corrected chi connectivity index (χ0v) is 31.3. The van der Waals surface area contributed by atoms with Crippen molar-refractivity contribution in [3.63, 3.8) is 0 Å². The molecule has 6 heteroatoms. The van der Waals surface area contributed by atoms with Crippen molar-refractivity contribution in [1.82, 2.24) is 0 Å². The first kappa shape index (κ1) is 36.7. The van der Waals surface area contributed by atoms with Crippen LogP contribution in [0.15, 0.2) is 84.9 Å². The van der Waals surface area contributed by atoms with Gasteiger partial charge in [-0.05, 0) is 97.2 Å². The van der Waals surface area contributed by atoms with Crippen molar-refractivity contribution in [1.29, 1.82) is 0 Å². The van der Waals surface area contributed by atoms with E-state index < -0.39 is 12.3 Å². The van der Waals surface area contributed by atoms with E-state index in [0.717, 1.165) is 106 Å². The van der Waals surface area contributed by atoms with Gasteiger partial charge < -0.3 is 18.9 Å². The van der Waals surface area contributed by atoms with Gasteiger partial charge in [0.25, 0.3) is 0 Å². The summed E-state index contributed by atoms with van der Waals surface area (Å²) in [5.74, 6) is 0.954. The zero-order valence-electron chi connectivity index (χ0n) is 31.3. The topological polar surface area (TPSA) is 71.1 Å². The lowest BCUT2D eigenvalue weighted by Gasteiger charge is -2.22. The Labute approximate surface area is 307 Å².